The number of hydrogen-bond acceptors (Lipinski definition) is 4. The van der Waals surface area contributed by atoms with Gasteiger partial charge in [-0.05, 0) is 35.9 Å². The van der Waals surface area contributed by atoms with E-state index in [1.807, 2.05) is 52.3 Å². The summed E-state index contributed by atoms with van der Waals surface area (Å²) in [5, 5.41) is 12.4. The Morgan fingerprint density at radius 3 is 2.24 bits per heavy atom. The third-order valence-corrected chi connectivity index (χ3v) is 6.13. The predicted octanol–water partition coefficient (Wildman–Crippen LogP) is 5.57. The summed E-state index contributed by atoms with van der Waals surface area (Å²) in [5.41, 5.74) is 0.486. The molecule has 1 heterocycles. The third kappa shape index (κ3) is 5.29. The summed E-state index contributed by atoms with van der Waals surface area (Å²) in [6, 6.07) is 18.8. The Morgan fingerprint density at radius 2 is 1.59 bits per heavy atom. The molecule has 0 aliphatic carbocycles. The van der Waals surface area contributed by atoms with Crippen LogP contribution in [-0.4, -0.2) is 42.1 Å². The molecule has 4 rings (SSSR count). The Labute approximate surface area is 200 Å². The summed E-state index contributed by atoms with van der Waals surface area (Å²) in [6.07, 6.45) is -4.63. The van der Waals surface area contributed by atoms with Crippen LogP contribution in [0.2, 0.25) is 5.02 Å². The quantitative estimate of drug-likeness (QED) is 0.492. The van der Waals surface area contributed by atoms with Crippen molar-refractivity contribution in [3.8, 4) is 5.75 Å². The van der Waals surface area contributed by atoms with Crippen LogP contribution < -0.4 is 10.2 Å². The van der Waals surface area contributed by atoms with Gasteiger partial charge in [0.05, 0.1) is 16.3 Å². The topological polar surface area (TPSA) is 55.8 Å². The Bertz CT molecular complexity index is 1150. The van der Waals surface area contributed by atoms with Gasteiger partial charge in [-0.3, -0.25) is 9.69 Å². The molecule has 0 unspecified atom stereocenters. The molecule has 9 heteroatoms. The third-order valence-electron chi connectivity index (χ3n) is 5.80. The van der Waals surface area contributed by atoms with Crippen molar-refractivity contribution in [3.63, 3.8) is 0 Å². The van der Waals surface area contributed by atoms with Gasteiger partial charge in [-0.15, -0.1) is 0 Å². The van der Waals surface area contributed by atoms with Crippen LogP contribution in [0.25, 0.3) is 0 Å². The molecule has 0 radical (unpaired) electrons. The monoisotopic (exact) mass is 489 g/mol. The zero-order chi connectivity index (χ0) is 24.3. The molecule has 1 aliphatic heterocycles. The van der Waals surface area contributed by atoms with E-state index < -0.39 is 28.7 Å². The van der Waals surface area contributed by atoms with Crippen LogP contribution in [-0.2, 0) is 11.0 Å². The van der Waals surface area contributed by atoms with Gasteiger partial charge in [0.1, 0.15) is 11.8 Å². The van der Waals surface area contributed by atoms with Crippen LogP contribution in [0.5, 0.6) is 5.75 Å². The second kappa shape index (κ2) is 9.95. The number of anilines is 2. The van der Waals surface area contributed by atoms with E-state index in [9.17, 15) is 23.1 Å². The van der Waals surface area contributed by atoms with Crippen molar-refractivity contribution in [1.29, 1.82) is 0 Å². The molecule has 1 aliphatic rings. The first-order chi connectivity index (χ1) is 16.2. The summed E-state index contributed by atoms with van der Waals surface area (Å²) >= 11 is 5.71. The minimum atomic E-state index is -4.63. The van der Waals surface area contributed by atoms with E-state index in [-0.39, 0.29) is 11.4 Å². The summed E-state index contributed by atoms with van der Waals surface area (Å²) in [5.74, 6) is -0.242. The van der Waals surface area contributed by atoms with Crippen LogP contribution in [0.1, 0.15) is 17.2 Å². The van der Waals surface area contributed by atoms with Gasteiger partial charge in [-0.2, -0.15) is 13.2 Å². The molecule has 1 atom stereocenters. The number of phenolic OH excluding ortho intramolecular Hbond substituents is 1. The first-order valence-corrected chi connectivity index (χ1v) is 11.1. The molecule has 1 amide bonds. The van der Waals surface area contributed by atoms with Crippen molar-refractivity contribution in [3.05, 3.63) is 88.9 Å². The minimum Gasteiger partial charge on any atom is -0.506 e. The molecule has 1 fully saturated rings. The van der Waals surface area contributed by atoms with Crippen molar-refractivity contribution >= 4 is 28.9 Å². The predicted molar refractivity (Wildman–Crippen MR) is 126 cm³/mol. The smallest absolute Gasteiger partial charge is 0.417 e. The van der Waals surface area contributed by atoms with Gasteiger partial charge >= 0.3 is 6.18 Å². The molecule has 1 saturated heterocycles. The van der Waals surface area contributed by atoms with Crippen LogP contribution >= 0.6 is 11.6 Å². The number of nitrogens with zero attached hydrogens (tertiary/aromatic N) is 2. The second-order valence-corrected chi connectivity index (χ2v) is 8.41. The molecule has 34 heavy (non-hydrogen) atoms. The van der Waals surface area contributed by atoms with Crippen molar-refractivity contribution < 1.29 is 23.1 Å². The van der Waals surface area contributed by atoms with Crippen molar-refractivity contribution in [2.75, 3.05) is 36.4 Å². The summed E-state index contributed by atoms with van der Waals surface area (Å²) in [6.45, 7) is 2.20. The highest BCUT2D eigenvalue weighted by Crippen LogP contribution is 2.36. The fourth-order valence-electron chi connectivity index (χ4n) is 4.15. The molecule has 178 valence electrons. The van der Waals surface area contributed by atoms with E-state index in [1.165, 1.54) is 6.07 Å². The number of amides is 1. The van der Waals surface area contributed by atoms with Gasteiger partial charge in [0.25, 0.3) is 0 Å². The Hall–Kier alpha value is -3.23. The number of alkyl halides is 3. The van der Waals surface area contributed by atoms with E-state index in [1.54, 1.807) is 12.1 Å². The van der Waals surface area contributed by atoms with Gasteiger partial charge < -0.3 is 15.3 Å². The van der Waals surface area contributed by atoms with Crippen molar-refractivity contribution in [1.82, 2.24) is 4.90 Å². The standard InChI is InChI=1S/C25H23ClF3N3O2/c26-20-11-10-18(16-19(20)25(27,28)29)30-24(34)23(17-6-2-1-3-7-17)32-14-12-31(13-15-32)21-8-4-5-9-22(21)33/h1-11,16,23,33H,12-15H2,(H,30,34)/t23-/m1/s1. The number of nitrogens with one attached hydrogen (secondary N) is 1. The Kier molecular flexibility index (Phi) is 7.00. The number of carbonyl (C=O) groups excluding carboxylic acids is 1. The summed E-state index contributed by atoms with van der Waals surface area (Å²) in [7, 11) is 0. The van der Waals surface area contributed by atoms with Gasteiger partial charge in [0.15, 0.2) is 0 Å². The highest BCUT2D eigenvalue weighted by molar-refractivity contribution is 6.31. The first kappa shape index (κ1) is 23.9. The average molecular weight is 490 g/mol. The van der Waals surface area contributed by atoms with Gasteiger partial charge in [0.2, 0.25) is 5.91 Å². The van der Waals surface area contributed by atoms with E-state index in [4.69, 9.17) is 11.6 Å². The first-order valence-electron chi connectivity index (χ1n) is 10.7. The Balaban J connectivity index is 1.55. The van der Waals surface area contributed by atoms with Crippen molar-refractivity contribution in [2.45, 2.75) is 12.2 Å². The number of hydrogen-bond donors (Lipinski definition) is 2. The molecule has 3 aromatic rings. The van der Waals surface area contributed by atoms with Gasteiger partial charge in [-0.1, -0.05) is 54.1 Å². The normalized spacial score (nSPS) is 15.7. The lowest BCUT2D eigenvalue weighted by Gasteiger charge is -2.39. The molecule has 0 saturated carbocycles. The van der Waals surface area contributed by atoms with Gasteiger partial charge in [-0.25, -0.2) is 0 Å². The highest BCUT2D eigenvalue weighted by atomic mass is 35.5. The van der Waals surface area contributed by atoms with Crippen LogP contribution in [0.3, 0.4) is 0 Å². The number of phenols is 1. The van der Waals surface area contributed by atoms with Crippen LogP contribution in [0.15, 0.2) is 72.8 Å². The lowest BCUT2D eigenvalue weighted by Crippen LogP contribution is -2.50. The van der Waals surface area contributed by atoms with E-state index in [0.717, 1.165) is 23.4 Å². The number of rotatable bonds is 5. The molecule has 5 nitrogen and oxygen atoms in total. The van der Waals surface area contributed by atoms with E-state index in [2.05, 4.69) is 5.32 Å². The average Bonchev–Trinajstić information content (AvgIpc) is 2.81. The maximum Gasteiger partial charge on any atom is 0.417 e. The fourth-order valence-corrected chi connectivity index (χ4v) is 4.37. The lowest BCUT2D eigenvalue weighted by atomic mass is 10.0. The summed E-state index contributed by atoms with van der Waals surface area (Å²) in [4.78, 5) is 17.4. The Morgan fingerprint density at radius 1 is 0.941 bits per heavy atom. The van der Waals surface area contributed by atoms with E-state index >= 15 is 0 Å². The highest BCUT2D eigenvalue weighted by Gasteiger charge is 2.34. The molecule has 0 aromatic heterocycles. The largest absolute Gasteiger partial charge is 0.506 e. The molecular weight excluding hydrogens is 467 g/mol. The minimum absolute atomic E-state index is 0.0236. The van der Waals surface area contributed by atoms with Crippen molar-refractivity contribution in [2.24, 2.45) is 0 Å². The molecule has 0 spiro atoms. The number of benzene rings is 3. The maximum absolute atomic E-state index is 13.3. The van der Waals surface area contributed by atoms with Crippen LogP contribution in [0, 0.1) is 0 Å². The second-order valence-electron chi connectivity index (χ2n) is 8.01. The maximum atomic E-state index is 13.3. The number of halogens is 4. The fraction of sp³-hybridized carbons (Fsp3) is 0.240. The van der Waals surface area contributed by atoms with Gasteiger partial charge in [0, 0.05) is 31.9 Å². The molecule has 2 N–H and O–H groups in total. The number of carbonyl (C=O) groups is 1. The van der Waals surface area contributed by atoms with Crippen LogP contribution in [0.4, 0.5) is 24.5 Å². The van der Waals surface area contributed by atoms with E-state index in [0.29, 0.717) is 26.2 Å². The number of aromatic hydroxyl groups is 1. The number of para-hydroxylation sites is 2. The molecule has 3 aromatic carbocycles. The SMILES string of the molecule is O=C(Nc1ccc(Cl)c(C(F)(F)F)c1)[C@@H](c1ccccc1)N1CCN(c2ccccc2O)CC1. The lowest BCUT2D eigenvalue weighted by molar-refractivity contribution is -0.137. The zero-order valence-corrected chi connectivity index (χ0v) is 18.9. The molecule has 0 bridgehead atoms. The summed E-state index contributed by atoms with van der Waals surface area (Å²) < 4.78 is 39.8. The molecular formula is C25H23ClF3N3O2. The number of piperazine rings is 1. The zero-order valence-electron chi connectivity index (χ0n) is 18.1.